The SMILES string of the molecule is CC(=O)c1cccc2c1[C@@H](CCCN)CCC2. The summed E-state index contributed by atoms with van der Waals surface area (Å²) in [6.07, 6.45) is 5.74. The Morgan fingerprint density at radius 3 is 3.00 bits per heavy atom. The van der Waals surface area contributed by atoms with Crippen LogP contribution in [-0.2, 0) is 6.42 Å². The van der Waals surface area contributed by atoms with Gasteiger partial charge in [0.15, 0.2) is 5.78 Å². The lowest BCUT2D eigenvalue weighted by Gasteiger charge is -2.27. The average Bonchev–Trinajstić information content (AvgIpc) is 2.35. The summed E-state index contributed by atoms with van der Waals surface area (Å²) in [5.41, 5.74) is 9.23. The fourth-order valence-corrected chi connectivity index (χ4v) is 2.96. The summed E-state index contributed by atoms with van der Waals surface area (Å²) in [5.74, 6) is 0.740. The van der Waals surface area contributed by atoms with E-state index in [1.54, 1.807) is 6.92 Å². The van der Waals surface area contributed by atoms with E-state index in [4.69, 9.17) is 5.73 Å². The summed E-state index contributed by atoms with van der Waals surface area (Å²) in [7, 11) is 0. The molecule has 0 radical (unpaired) electrons. The van der Waals surface area contributed by atoms with Crippen LogP contribution in [0.4, 0.5) is 0 Å². The van der Waals surface area contributed by atoms with Gasteiger partial charge in [-0.1, -0.05) is 18.2 Å². The maximum atomic E-state index is 11.7. The second-order valence-electron chi connectivity index (χ2n) is 4.95. The van der Waals surface area contributed by atoms with Gasteiger partial charge < -0.3 is 5.73 Å². The summed E-state index contributed by atoms with van der Waals surface area (Å²) < 4.78 is 0. The van der Waals surface area contributed by atoms with E-state index in [0.29, 0.717) is 5.92 Å². The second-order valence-corrected chi connectivity index (χ2v) is 4.95. The normalized spacial score (nSPS) is 18.8. The number of Topliss-reactive ketones (excluding diaryl/α,β-unsaturated/α-hetero) is 1. The van der Waals surface area contributed by atoms with E-state index < -0.39 is 0 Å². The van der Waals surface area contributed by atoms with Crippen molar-refractivity contribution < 1.29 is 4.79 Å². The molecule has 2 N–H and O–H groups in total. The summed E-state index contributed by atoms with van der Waals surface area (Å²) in [6, 6.07) is 6.17. The van der Waals surface area contributed by atoms with E-state index in [-0.39, 0.29) is 5.78 Å². The Bertz CT molecular complexity index is 411. The van der Waals surface area contributed by atoms with Crippen LogP contribution in [0.3, 0.4) is 0 Å². The molecule has 0 unspecified atom stereocenters. The van der Waals surface area contributed by atoms with Gasteiger partial charge in [-0.3, -0.25) is 4.79 Å². The first-order valence-electron chi connectivity index (χ1n) is 6.57. The molecule has 1 aliphatic rings. The van der Waals surface area contributed by atoms with E-state index in [0.717, 1.165) is 31.4 Å². The van der Waals surface area contributed by atoms with Gasteiger partial charge in [-0.2, -0.15) is 0 Å². The highest BCUT2D eigenvalue weighted by molar-refractivity contribution is 5.96. The van der Waals surface area contributed by atoms with Crippen molar-refractivity contribution in [3.63, 3.8) is 0 Å². The van der Waals surface area contributed by atoms with Gasteiger partial charge in [0.1, 0.15) is 0 Å². The Morgan fingerprint density at radius 2 is 2.29 bits per heavy atom. The molecule has 92 valence electrons. The van der Waals surface area contributed by atoms with E-state index in [1.807, 2.05) is 12.1 Å². The lowest BCUT2D eigenvalue weighted by Crippen LogP contribution is -2.15. The Hall–Kier alpha value is -1.15. The molecule has 1 aromatic carbocycles. The number of hydrogen-bond acceptors (Lipinski definition) is 2. The first-order valence-corrected chi connectivity index (χ1v) is 6.57. The van der Waals surface area contributed by atoms with Gasteiger partial charge in [0, 0.05) is 5.56 Å². The predicted octanol–water partition coefficient (Wildman–Crippen LogP) is 3.05. The standard InChI is InChI=1S/C15H21NO/c1-11(17)14-9-3-7-12-5-2-6-13(15(12)14)8-4-10-16/h3,7,9,13H,2,4-6,8,10,16H2,1H3/t13-/m1/s1. The largest absolute Gasteiger partial charge is 0.330 e. The van der Waals surface area contributed by atoms with Crippen LogP contribution >= 0.6 is 0 Å². The van der Waals surface area contributed by atoms with E-state index >= 15 is 0 Å². The molecule has 2 nitrogen and oxygen atoms in total. The van der Waals surface area contributed by atoms with Crippen molar-refractivity contribution in [2.75, 3.05) is 6.54 Å². The number of carbonyl (C=O) groups is 1. The van der Waals surface area contributed by atoms with E-state index in [1.165, 1.54) is 24.0 Å². The number of carbonyl (C=O) groups excluding carboxylic acids is 1. The molecular formula is C15H21NO. The van der Waals surface area contributed by atoms with Gasteiger partial charge >= 0.3 is 0 Å². The topological polar surface area (TPSA) is 43.1 Å². The van der Waals surface area contributed by atoms with Crippen molar-refractivity contribution >= 4 is 5.78 Å². The molecule has 0 fully saturated rings. The number of ketones is 1. The lowest BCUT2D eigenvalue weighted by molar-refractivity contribution is 0.101. The van der Waals surface area contributed by atoms with Crippen LogP contribution in [0.25, 0.3) is 0 Å². The van der Waals surface area contributed by atoms with Gasteiger partial charge in [0.05, 0.1) is 0 Å². The molecule has 0 saturated carbocycles. The summed E-state index contributed by atoms with van der Waals surface area (Å²) >= 11 is 0. The van der Waals surface area contributed by atoms with E-state index in [9.17, 15) is 4.79 Å². The minimum Gasteiger partial charge on any atom is -0.330 e. The maximum absolute atomic E-state index is 11.7. The highest BCUT2D eigenvalue weighted by Crippen LogP contribution is 2.37. The van der Waals surface area contributed by atoms with Crippen molar-refractivity contribution in [3.05, 3.63) is 34.9 Å². The summed E-state index contributed by atoms with van der Waals surface area (Å²) in [6.45, 7) is 2.41. The molecule has 1 aliphatic carbocycles. The van der Waals surface area contributed by atoms with Crippen molar-refractivity contribution in [3.8, 4) is 0 Å². The Morgan fingerprint density at radius 1 is 1.47 bits per heavy atom. The van der Waals surface area contributed by atoms with Crippen LogP contribution in [0.5, 0.6) is 0 Å². The van der Waals surface area contributed by atoms with Gasteiger partial charge in [-0.05, 0) is 62.6 Å². The molecule has 0 aromatic heterocycles. The highest BCUT2D eigenvalue weighted by atomic mass is 16.1. The van der Waals surface area contributed by atoms with Crippen LogP contribution in [0.15, 0.2) is 18.2 Å². The average molecular weight is 231 g/mol. The van der Waals surface area contributed by atoms with Crippen LogP contribution in [0, 0.1) is 0 Å². The monoisotopic (exact) mass is 231 g/mol. The van der Waals surface area contributed by atoms with Gasteiger partial charge in [-0.25, -0.2) is 0 Å². The summed E-state index contributed by atoms with van der Waals surface area (Å²) in [5, 5.41) is 0. The van der Waals surface area contributed by atoms with Gasteiger partial charge in [0.2, 0.25) is 0 Å². The number of aryl methyl sites for hydroxylation is 1. The molecule has 2 rings (SSSR count). The minimum atomic E-state index is 0.196. The molecule has 0 bridgehead atoms. The number of hydrogen-bond donors (Lipinski definition) is 1. The van der Waals surface area contributed by atoms with Gasteiger partial charge in [-0.15, -0.1) is 0 Å². The smallest absolute Gasteiger partial charge is 0.160 e. The molecule has 0 aliphatic heterocycles. The number of benzene rings is 1. The van der Waals surface area contributed by atoms with Gasteiger partial charge in [0.25, 0.3) is 0 Å². The molecule has 0 spiro atoms. The molecule has 0 heterocycles. The highest BCUT2D eigenvalue weighted by Gasteiger charge is 2.23. The molecule has 2 heteroatoms. The van der Waals surface area contributed by atoms with Crippen molar-refractivity contribution in [2.24, 2.45) is 5.73 Å². The second kappa shape index (κ2) is 5.46. The molecule has 17 heavy (non-hydrogen) atoms. The first kappa shape index (κ1) is 12.3. The molecular weight excluding hydrogens is 210 g/mol. The zero-order valence-corrected chi connectivity index (χ0v) is 10.5. The summed E-state index contributed by atoms with van der Waals surface area (Å²) in [4.78, 5) is 11.7. The van der Waals surface area contributed by atoms with E-state index in [2.05, 4.69) is 6.07 Å². The van der Waals surface area contributed by atoms with Crippen molar-refractivity contribution in [2.45, 2.75) is 44.9 Å². The Kier molecular flexibility index (Phi) is 3.95. The number of rotatable bonds is 4. The predicted molar refractivity (Wildman–Crippen MR) is 70.4 cm³/mol. The fraction of sp³-hybridized carbons (Fsp3) is 0.533. The Labute approximate surface area is 103 Å². The number of fused-ring (bicyclic) bond motifs is 1. The lowest BCUT2D eigenvalue weighted by atomic mass is 9.77. The Balaban J connectivity index is 2.36. The number of nitrogens with two attached hydrogens (primary N) is 1. The quantitative estimate of drug-likeness (QED) is 0.809. The minimum absolute atomic E-state index is 0.196. The van der Waals surface area contributed by atoms with Crippen molar-refractivity contribution in [1.82, 2.24) is 0 Å². The third kappa shape index (κ3) is 2.58. The van der Waals surface area contributed by atoms with Crippen LogP contribution in [0.1, 0.15) is 60.0 Å². The third-order valence-electron chi connectivity index (χ3n) is 3.74. The molecule has 0 amide bonds. The fourth-order valence-electron chi connectivity index (χ4n) is 2.96. The van der Waals surface area contributed by atoms with Crippen LogP contribution in [-0.4, -0.2) is 12.3 Å². The maximum Gasteiger partial charge on any atom is 0.160 e. The van der Waals surface area contributed by atoms with Crippen LogP contribution in [0.2, 0.25) is 0 Å². The zero-order chi connectivity index (χ0) is 12.3. The molecule has 1 aromatic rings. The third-order valence-corrected chi connectivity index (χ3v) is 3.74. The first-order chi connectivity index (χ1) is 8.24. The molecule has 0 saturated heterocycles. The molecule has 1 atom stereocenters. The zero-order valence-electron chi connectivity index (χ0n) is 10.5. The van der Waals surface area contributed by atoms with Crippen molar-refractivity contribution in [1.29, 1.82) is 0 Å². The van der Waals surface area contributed by atoms with Crippen LogP contribution < -0.4 is 5.73 Å².